The second-order valence-electron chi connectivity index (χ2n) is 10.2. The molecule has 0 spiro atoms. The number of hydrogen-bond donors (Lipinski definition) is 4. The first-order valence-electron chi connectivity index (χ1n) is 14.1. The van der Waals surface area contributed by atoms with E-state index in [1.54, 1.807) is 42.6 Å². The standard InChI is InChI=1S/C33H21N7O8S/c1-17-24(16-34)31(42)40(22-11-8-19(9-12-22)33(44)45)32(43)27(17)38-36-21-10-7-20-14-26(49-48-47-46)29(30(41)23(20)15-21)39-37-25-6-2-4-18-5-3-13-35-28(18)25/h2-15,41-42,46H,1H3,(H,44,45). The Kier molecular flexibility index (Phi) is 9.06. The number of aromatic nitrogens is 2. The largest absolute Gasteiger partial charge is 0.505 e. The zero-order valence-electron chi connectivity index (χ0n) is 25.0. The van der Waals surface area contributed by atoms with Crippen molar-refractivity contribution in [2.45, 2.75) is 11.8 Å². The van der Waals surface area contributed by atoms with Crippen molar-refractivity contribution >= 4 is 62.4 Å². The van der Waals surface area contributed by atoms with Gasteiger partial charge in [0.25, 0.3) is 5.56 Å². The smallest absolute Gasteiger partial charge is 0.335 e. The van der Waals surface area contributed by atoms with E-state index in [4.69, 9.17) is 5.26 Å². The molecular formula is C33H21N7O8S. The molecule has 16 heteroatoms. The van der Waals surface area contributed by atoms with Gasteiger partial charge in [-0.25, -0.2) is 14.6 Å². The molecule has 4 N–H and O–H groups in total. The Morgan fingerprint density at radius 3 is 2.43 bits per heavy atom. The van der Waals surface area contributed by atoms with Crippen LogP contribution in [0.1, 0.15) is 21.5 Å². The summed E-state index contributed by atoms with van der Waals surface area (Å²) >= 11 is 0.580. The first-order valence-corrected chi connectivity index (χ1v) is 14.8. The van der Waals surface area contributed by atoms with E-state index in [-0.39, 0.29) is 55.5 Å². The molecule has 2 heterocycles. The van der Waals surface area contributed by atoms with Crippen molar-refractivity contribution in [3.63, 3.8) is 0 Å². The number of nitriles is 1. The Labute approximate surface area is 279 Å². The molecule has 49 heavy (non-hydrogen) atoms. The van der Waals surface area contributed by atoms with E-state index >= 15 is 0 Å². The van der Waals surface area contributed by atoms with E-state index in [1.807, 2.05) is 18.2 Å². The zero-order valence-corrected chi connectivity index (χ0v) is 25.9. The first-order chi connectivity index (χ1) is 23.7. The lowest BCUT2D eigenvalue weighted by Crippen LogP contribution is -2.20. The molecule has 242 valence electrons. The third kappa shape index (κ3) is 6.28. The van der Waals surface area contributed by atoms with Crippen molar-refractivity contribution < 1.29 is 34.7 Å². The summed E-state index contributed by atoms with van der Waals surface area (Å²) in [6, 6.07) is 22.2. The lowest BCUT2D eigenvalue weighted by molar-refractivity contribution is -0.432. The van der Waals surface area contributed by atoms with Crippen molar-refractivity contribution in [1.29, 1.82) is 5.26 Å². The summed E-state index contributed by atoms with van der Waals surface area (Å²) in [4.78, 5) is 29.4. The molecule has 6 aromatic rings. The lowest BCUT2D eigenvalue weighted by atomic mass is 10.1. The van der Waals surface area contributed by atoms with Gasteiger partial charge < -0.3 is 15.3 Å². The minimum absolute atomic E-state index is 0.0265. The highest BCUT2D eigenvalue weighted by Gasteiger charge is 2.21. The number of phenolic OH excluding ortho intramolecular Hbond substituents is 1. The minimum Gasteiger partial charge on any atom is -0.505 e. The van der Waals surface area contributed by atoms with Gasteiger partial charge in [-0.05, 0) is 66.9 Å². The van der Waals surface area contributed by atoms with Crippen LogP contribution in [-0.4, -0.2) is 36.1 Å². The van der Waals surface area contributed by atoms with E-state index in [0.717, 1.165) is 9.95 Å². The first kappa shape index (κ1) is 32.4. The second kappa shape index (κ2) is 13.7. The molecule has 0 radical (unpaired) electrons. The SMILES string of the molecule is Cc1c(C#N)c(O)n(-c2ccc(C(=O)O)cc2)c(=O)c1N=Nc1ccc2cc(SOOO)c(N=Nc3cccc4cccnc34)c(O)c2c1. The molecule has 0 fully saturated rings. The van der Waals surface area contributed by atoms with Gasteiger partial charge in [-0.2, -0.15) is 10.4 Å². The fourth-order valence-electron chi connectivity index (χ4n) is 4.99. The number of hydrogen-bond acceptors (Lipinski definition) is 14. The molecule has 0 aliphatic carbocycles. The van der Waals surface area contributed by atoms with Crippen LogP contribution in [0.25, 0.3) is 27.4 Å². The number of aromatic hydroxyl groups is 2. The summed E-state index contributed by atoms with van der Waals surface area (Å²) in [5.41, 5.74) is -0.00359. The van der Waals surface area contributed by atoms with Crippen LogP contribution < -0.4 is 5.56 Å². The van der Waals surface area contributed by atoms with Crippen LogP contribution >= 0.6 is 12.0 Å². The van der Waals surface area contributed by atoms with E-state index in [9.17, 15) is 30.2 Å². The number of rotatable bonds is 9. The maximum Gasteiger partial charge on any atom is 0.335 e. The summed E-state index contributed by atoms with van der Waals surface area (Å²) in [5.74, 6) is -2.15. The van der Waals surface area contributed by atoms with Crippen molar-refractivity contribution in [3.05, 3.63) is 112 Å². The molecule has 0 aliphatic heterocycles. The van der Waals surface area contributed by atoms with Crippen LogP contribution in [0.4, 0.5) is 22.7 Å². The quantitative estimate of drug-likeness (QED) is 0.0495. The topological polar surface area (TPSA) is 225 Å². The Balaban J connectivity index is 1.43. The van der Waals surface area contributed by atoms with Crippen LogP contribution in [0.5, 0.6) is 11.6 Å². The van der Waals surface area contributed by atoms with Gasteiger partial charge in [-0.1, -0.05) is 29.3 Å². The predicted molar refractivity (Wildman–Crippen MR) is 176 cm³/mol. The van der Waals surface area contributed by atoms with E-state index in [0.29, 0.717) is 28.6 Å². The molecule has 6 rings (SSSR count). The Hall–Kier alpha value is -6.51. The lowest BCUT2D eigenvalue weighted by Gasteiger charge is -2.13. The van der Waals surface area contributed by atoms with Crippen molar-refractivity contribution in [2.24, 2.45) is 20.5 Å². The molecule has 4 aromatic carbocycles. The maximum atomic E-state index is 13.5. The summed E-state index contributed by atoms with van der Waals surface area (Å²) in [7, 11) is 0. The van der Waals surface area contributed by atoms with Crippen LogP contribution in [0.2, 0.25) is 0 Å². The Morgan fingerprint density at radius 1 is 0.939 bits per heavy atom. The predicted octanol–water partition coefficient (Wildman–Crippen LogP) is 8.09. The monoisotopic (exact) mass is 675 g/mol. The van der Waals surface area contributed by atoms with Gasteiger partial charge in [-0.3, -0.25) is 9.78 Å². The maximum absolute atomic E-state index is 13.5. The minimum atomic E-state index is -1.18. The van der Waals surface area contributed by atoms with Gasteiger partial charge in [-0.15, -0.1) is 19.7 Å². The number of fused-ring (bicyclic) bond motifs is 2. The van der Waals surface area contributed by atoms with Crippen LogP contribution in [0, 0.1) is 18.3 Å². The number of carboxylic acids is 1. The van der Waals surface area contributed by atoms with E-state index in [2.05, 4.69) is 34.8 Å². The highest BCUT2D eigenvalue weighted by atomic mass is 32.2. The van der Waals surface area contributed by atoms with Crippen LogP contribution in [-0.2, 0) is 9.37 Å². The molecule has 0 bridgehead atoms. The number of aromatic carboxylic acids is 1. The van der Waals surface area contributed by atoms with Gasteiger partial charge in [0.2, 0.25) is 5.88 Å². The number of azo groups is 2. The normalized spacial score (nSPS) is 11.5. The molecule has 2 aromatic heterocycles. The zero-order chi connectivity index (χ0) is 34.7. The molecule has 0 aliphatic rings. The molecular weight excluding hydrogens is 654 g/mol. The molecule has 0 amide bonds. The third-order valence-corrected chi connectivity index (χ3v) is 8.00. The average molecular weight is 676 g/mol. The van der Waals surface area contributed by atoms with Crippen LogP contribution in [0.15, 0.2) is 115 Å². The number of benzene rings is 4. The number of phenols is 1. The number of para-hydroxylation sites is 1. The van der Waals surface area contributed by atoms with Crippen molar-refractivity contribution in [3.8, 4) is 23.4 Å². The molecule has 0 saturated heterocycles. The fraction of sp³-hybridized carbons (Fsp3) is 0.0303. The van der Waals surface area contributed by atoms with Gasteiger partial charge in [0.15, 0.2) is 11.4 Å². The van der Waals surface area contributed by atoms with E-state index < -0.39 is 17.4 Å². The summed E-state index contributed by atoms with van der Waals surface area (Å²) < 4.78 is 5.45. The van der Waals surface area contributed by atoms with Crippen molar-refractivity contribution in [2.75, 3.05) is 0 Å². The summed E-state index contributed by atoms with van der Waals surface area (Å²) in [5, 5.41) is 72.1. The number of carbonyl (C=O) groups is 1. The molecule has 0 saturated carbocycles. The van der Waals surface area contributed by atoms with Gasteiger partial charge in [0.1, 0.15) is 23.0 Å². The van der Waals surface area contributed by atoms with Crippen LogP contribution in [0.3, 0.4) is 0 Å². The Morgan fingerprint density at radius 2 is 1.69 bits per heavy atom. The van der Waals surface area contributed by atoms with E-state index in [1.165, 1.54) is 37.3 Å². The van der Waals surface area contributed by atoms with Gasteiger partial charge >= 0.3 is 5.97 Å². The third-order valence-electron chi connectivity index (χ3n) is 7.38. The number of carboxylic acid groups (broad SMARTS) is 1. The Bertz CT molecular complexity index is 2440. The van der Waals surface area contributed by atoms with Gasteiger partial charge in [0.05, 0.1) is 39.4 Å². The van der Waals surface area contributed by atoms with Gasteiger partial charge in [0, 0.05) is 22.5 Å². The molecule has 0 atom stereocenters. The summed E-state index contributed by atoms with van der Waals surface area (Å²) in [6.45, 7) is 1.43. The van der Waals surface area contributed by atoms with Crippen molar-refractivity contribution in [1.82, 2.24) is 9.55 Å². The number of pyridine rings is 2. The molecule has 15 nitrogen and oxygen atoms in total. The summed E-state index contributed by atoms with van der Waals surface area (Å²) in [6.07, 6.45) is 1.62. The highest BCUT2D eigenvalue weighted by molar-refractivity contribution is 7.94. The highest BCUT2D eigenvalue weighted by Crippen LogP contribution is 2.45. The fourth-order valence-corrected chi connectivity index (χ4v) is 5.48. The molecule has 0 unspecified atom stereocenters. The number of nitrogens with zero attached hydrogens (tertiary/aromatic N) is 7. The average Bonchev–Trinajstić information content (AvgIpc) is 3.11. The second-order valence-corrected chi connectivity index (χ2v) is 11.0.